The zero-order chi connectivity index (χ0) is 20.2. The van der Waals surface area contributed by atoms with E-state index in [0.717, 1.165) is 32.7 Å². The minimum absolute atomic E-state index is 0. The molecule has 0 bridgehead atoms. The van der Waals surface area contributed by atoms with Crippen LogP contribution in [-0.2, 0) is 9.53 Å². The number of hydrogen-bond acceptors (Lipinski definition) is 3. The van der Waals surface area contributed by atoms with E-state index in [9.17, 15) is 9.18 Å². The molecule has 1 aliphatic rings. The molecule has 6 nitrogen and oxygen atoms in total. The summed E-state index contributed by atoms with van der Waals surface area (Å²) in [6.07, 6.45) is 5.93. The number of ether oxygens (including phenoxy) is 1. The Balaban J connectivity index is 0.00000420. The SMILES string of the molecule is CCNC(=NCC(=O)Nc1ccc(F)cc1)NCC1(CCOCC)CCCC1.I. The van der Waals surface area contributed by atoms with Gasteiger partial charge in [0.2, 0.25) is 5.91 Å². The van der Waals surface area contributed by atoms with Crippen LogP contribution in [0.25, 0.3) is 0 Å². The van der Waals surface area contributed by atoms with Crippen LogP contribution in [0.3, 0.4) is 0 Å². The fraction of sp³-hybridized carbons (Fsp3) is 0.619. The largest absolute Gasteiger partial charge is 0.382 e. The summed E-state index contributed by atoms with van der Waals surface area (Å²) < 4.78 is 18.5. The third-order valence-corrected chi connectivity index (χ3v) is 5.13. The summed E-state index contributed by atoms with van der Waals surface area (Å²) in [6, 6.07) is 5.69. The first-order chi connectivity index (χ1) is 13.6. The van der Waals surface area contributed by atoms with Gasteiger partial charge in [0.1, 0.15) is 12.4 Å². The Kier molecular flexibility index (Phi) is 12.1. The lowest BCUT2D eigenvalue weighted by Crippen LogP contribution is -2.43. The van der Waals surface area contributed by atoms with Crippen molar-refractivity contribution in [2.75, 3.05) is 38.2 Å². The third-order valence-electron chi connectivity index (χ3n) is 5.13. The second kappa shape index (κ2) is 13.7. The molecule has 0 heterocycles. The predicted molar refractivity (Wildman–Crippen MR) is 126 cm³/mol. The van der Waals surface area contributed by atoms with Crippen LogP contribution >= 0.6 is 24.0 Å². The molecule has 1 aliphatic carbocycles. The Morgan fingerprint density at radius 2 is 1.86 bits per heavy atom. The molecule has 3 N–H and O–H groups in total. The standard InChI is InChI=1S/C21H33FN4O2.HI/c1-3-23-20(24-15-19(27)26-18-9-7-17(22)8-10-18)25-16-21(11-5-6-12-21)13-14-28-4-2;/h7-10H,3-6,11-16H2,1-2H3,(H,26,27)(H2,23,24,25);1H. The van der Waals surface area contributed by atoms with E-state index in [1.54, 1.807) is 0 Å². The van der Waals surface area contributed by atoms with Gasteiger partial charge in [0.25, 0.3) is 0 Å². The number of nitrogens with one attached hydrogen (secondary N) is 3. The minimum atomic E-state index is -0.333. The Hall–Kier alpha value is -1.42. The van der Waals surface area contributed by atoms with Gasteiger partial charge in [0.15, 0.2) is 5.96 Å². The smallest absolute Gasteiger partial charge is 0.246 e. The highest BCUT2D eigenvalue weighted by Crippen LogP contribution is 2.40. The molecule has 2 rings (SSSR count). The number of carbonyl (C=O) groups excluding carboxylic acids is 1. The lowest BCUT2D eigenvalue weighted by molar-refractivity contribution is -0.114. The van der Waals surface area contributed by atoms with Gasteiger partial charge in [-0.25, -0.2) is 9.38 Å². The number of rotatable bonds is 10. The maximum atomic E-state index is 12.9. The first-order valence-electron chi connectivity index (χ1n) is 10.2. The average Bonchev–Trinajstić information content (AvgIpc) is 3.15. The maximum absolute atomic E-state index is 12.9. The number of halogens is 2. The van der Waals surface area contributed by atoms with Crippen LogP contribution < -0.4 is 16.0 Å². The van der Waals surface area contributed by atoms with Crippen molar-refractivity contribution in [2.45, 2.75) is 46.0 Å². The molecule has 1 aromatic carbocycles. The summed E-state index contributed by atoms with van der Waals surface area (Å²) in [7, 11) is 0. The normalized spacial score (nSPS) is 15.5. The van der Waals surface area contributed by atoms with E-state index in [4.69, 9.17) is 4.74 Å². The molecule has 1 amide bonds. The first-order valence-corrected chi connectivity index (χ1v) is 10.2. The molecule has 0 aliphatic heterocycles. The second-order valence-corrected chi connectivity index (χ2v) is 7.26. The van der Waals surface area contributed by atoms with E-state index in [1.165, 1.54) is 49.9 Å². The molecule has 1 fully saturated rings. The van der Waals surface area contributed by atoms with Crippen molar-refractivity contribution in [1.29, 1.82) is 0 Å². The Morgan fingerprint density at radius 1 is 1.17 bits per heavy atom. The van der Waals surface area contributed by atoms with Crippen molar-refractivity contribution in [3.63, 3.8) is 0 Å². The predicted octanol–water partition coefficient (Wildman–Crippen LogP) is 3.92. The summed E-state index contributed by atoms with van der Waals surface area (Å²) in [6.45, 7) is 7.09. The lowest BCUT2D eigenvalue weighted by atomic mass is 9.83. The number of nitrogens with zero attached hydrogens (tertiary/aromatic N) is 1. The molecule has 0 aromatic heterocycles. The minimum Gasteiger partial charge on any atom is -0.382 e. The molecule has 0 unspecified atom stereocenters. The van der Waals surface area contributed by atoms with Gasteiger partial charge in [-0.1, -0.05) is 12.8 Å². The van der Waals surface area contributed by atoms with Crippen molar-refractivity contribution in [3.05, 3.63) is 30.1 Å². The number of carbonyl (C=O) groups is 1. The monoisotopic (exact) mass is 520 g/mol. The highest BCUT2D eigenvalue weighted by molar-refractivity contribution is 14.0. The van der Waals surface area contributed by atoms with Crippen molar-refractivity contribution in [3.8, 4) is 0 Å². The van der Waals surface area contributed by atoms with Crippen LogP contribution in [0.2, 0.25) is 0 Å². The number of aliphatic imine (C=N–C) groups is 1. The zero-order valence-electron chi connectivity index (χ0n) is 17.4. The Morgan fingerprint density at radius 3 is 2.48 bits per heavy atom. The molecule has 0 atom stereocenters. The van der Waals surface area contributed by atoms with Crippen LogP contribution in [-0.4, -0.2) is 44.7 Å². The number of benzene rings is 1. The van der Waals surface area contributed by atoms with E-state index >= 15 is 0 Å². The number of hydrogen-bond donors (Lipinski definition) is 3. The Bertz CT molecular complexity index is 634. The quantitative estimate of drug-likeness (QED) is 0.189. The van der Waals surface area contributed by atoms with Crippen LogP contribution in [0.1, 0.15) is 46.0 Å². The highest BCUT2D eigenvalue weighted by Gasteiger charge is 2.33. The van der Waals surface area contributed by atoms with E-state index in [0.29, 0.717) is 11.6 Å². The van der Waals surface area contributed by atoms with Gasteiger partial charge in [-0.3, -0.25) is 4.79 Å². The van der Waals surface area contributed by atoms with E-state index in [-0.39, 0.29) is 47.7 Å². The molecule has 164 valence electrons. The van der Waals surface area contributed by atoms with Crippen LogP contribution in [0, 0.1) is 11.2 Å². The van der Waals surface area contributed by atoms with Gasteiger partial charge >= 0.3 is 0 Å². The number of anilines is 1. The molecule has 0 saturated heterocycles. The molecule has 0 spiro atoms. The number of guanidine groups is 1. The van der Waals surface area contributed by atoms with Crippen LogP contribution in [0.5, 0.6) is 0 Å². The molecule has 1 aromatic rings. The van der Waals surface area contributed by atoms with Gasteiger partial charge in [-0.05, 0) is 62.8 Å². The summed E-state index contributed by atoms with van der Waals surface area (Å²) in [5.74, 6) is 0.0648. The zero-order valence-corrected chi connectivity index (χ0v) is 19.8. The summed E-state index contributed by atoms with van der Waals surface area (Å²) in [4.78, 5) is 16.5. The third kappa shape index (κ3) is 9.29. The van der Waals surface area contributed by atoms with Gasteiger partial charge in [-0.2, -0.15) is 0 Å². The molecule has 8 heteroatoms. The van der Waals surface area contributed by atoms with Gasteiger partial charge in [0.05, 0.1) is 0 Å². The summed E-state index contributed by atoms with van der Waals surface area (Å²) in [5, 5.41) is 9.33. The highest BCUT2D eigenvalue weighted by atomic mass is 127. The molecular formula is C21H34FIN4O2. The van der Waals surface area contributed by atoms with Crippen molar-refractivity contribution in [1.82, 2.24) is 10.6 Å². The summed E-state index contributed by atoms with van der Waals surface area (Å²) in [5.41, 5.74) is 0.794. The Labute approximate surface area is 190 Å². The fourth-order valence-corrected chi connectivity index (χ4v) is 3.57. The molecular weight excluding hydrogens is 486 g/mol. The van der Waals surface area contributed by atoms with Crippen LogP contribution in [0.4, 0.5) is 10.1 Å². The molecule has 1 saturated carbocycles. The van der Waals surface area contributed by atoms with Crippen LogP contribution in [0.15, 0.2) is 29.3 Å². The van der Waals surface area contributed by atoms with E-state index in [2.05, 4.69) is 20.9 Å². The lowest BCUT2D eigenvalue weighted by Gasteiger charge is -2.30. The van der Waals surface area contributed by atoms with Gasteiger partial charge < -0.3 is 20.7 Å². The van der Waals surface area contributed by atoms with Gasteiger partial charge in [0, 0.05) is 32.0 Å². The van der Waals surface area contributed by atoms with Crippen molar-refractivity contribution >= 4 is 41.5 Å². The first kappa shape index (κ1) is 25.6. The summed E-state index contributed by atoms with van der Waals surface area (Å²) >= 11 is 0. The molecule has 0 radical (unpaired) electrons. The maximum Gasteiger partial charge on any atom is 0.246 e. The van der Waals surface area contributed by atoms with E-state index in [1.807, 2.05) is 13.8 Å². The number of amides is 1. The van der Waals surface area contributed by atoms with E-state index < -0.39 is 0 Å². The van der Waals surface area contributed by atoms with Crippen molar-refractivity contribution < 1.29 is 13.9 Å². The fourth-order valence-electron chi connectivity index (χ4n) is 3.57. The molecule has 29 heavy (non-hydrogen) atoms. The second-order valence-electron chi connectivity index (χ2n) is 7.26. The van der Waals surface area contributed by atoms with Crippen molar-refractivity contribution in [2.24, 2.45) is 10.4 Å². The topological polar surface area (TPSA) is 74.8 Å². The van der Waals surface area contributed by atoms with Gasteiger partial charge in [-0.15, -0.1) is 24.0 Å². The average molecular weight is 520 g/mol.